The van der Waals surface area contributed by atoms with Gasteiger partial charge in [0.25, 0.3) is 10.0 Å². The number of rotatable bonds is 7. The highest BCUT2D eigenvalue weighted by Gasteiger charge is 2.46. The van der Waals surface area contributed by atoms with Gasteiger partial charge in [-0.2, -0.15) is 4.72 Å². The van der Waals surface area contributed by atoms with E-state index in [1.54, 1.807) is 6.92 Å². The molecule has 1 saturated carbocycles. The molecular weight excluding hydrogens is 452 g/mol. The number of fused-ring (bicyclic) bond motifs is 4. The monoisotopic (exact) mass is 486 g/mol. The molecule has 184 valence electrons. The highest BCUT2D eigenvalue weighted by molar-refractivity contribution is 7.89. The van der Waals surface area contributed by atoms with Crippen LogP contribution in [0.5, 0.6) is 0 Å². The van der Waals surface area contributed by atoms with Crippen molar-refractivity contribution >= 4 is 15.7 Å². The second-order valence-corrected chi connectivity index (χ2v) is 12.3. The lowest BCUT2D eigenvalue weighted by molar-refractivity contribution is -0.0159. The van der Waals surface area contributed by atoms with Crippen LogP contribution >= 0.6 is 0 Å². The van der Waals surface area contributed by atoms with Crippen molar-refractivity contribution in [2.24, 2.45) is 5.92 Å². The third-order valence-electron chi connectivity index (χ3n) is 8.62. The van der Waals surface area contributed by atoms with E-state index in [1.165, 1.54) is 46.8 Å². The standard InChI is InChI=1S/C26H34N2O5S/c1-26(29)19-10-8-16(9-11-19)25-22(26)13-23(33-25)34(30,31)28-15-32-14-27-24-20-6-2-4-17(20)12-18-5-3-7-21(18)24/h12-13,16,19,27-29H,2-11,14-15H2,1H3. The van der Waals surface area contributed by atoms with E-state index in [0.717, 1.165) is 51.4 Å². The summed E-state index contributed by atoms with van der Waals surface area (Å²) < 4.78 is 39.8. The smallest absolute Gasteiger partial charge is 0.275 e. The average molecular weight is 487 g/mol. The Morgan fingerprint density at radius 1 is 1.03 bits per heavy atom. The lowest BCUT2D eigenvalue weighted by Gasteiger charge is -2.32. The first-order valence-electron chi connectivity index (χ1n) is 12.7. The minimum absolute atomic E-state index is 0.138. The summed E-state index contributed by atoms with van der Waals surface area (Å²) in [4.78, 5) is 0. The van der Waals surface area contributed by atoms with Crippen molar-refractivity contribution in [3.63, 3.8) is 0 Å². The summed E-state index contributed by atoms with van der Waals surface area (Å²) in [6.07, 6.45) is 10.6. The maximum absolute atomic E-state index is 12.9. The molecule has 1 aromatic carbocycles. The zero-order valence-electron chi connectivity index (χ0n) is 19.8. The number of sulfonamides is 1. The second kappa shape index (κ2) is 8.36. The maximum atomic E-state index is 12.9. The van der Waals surface area contributed by atoms with E-state index in [0.29, 0.717) is 11.3 Å². The predicted octanol–water partition coefficient (Wildman–Crippen LogP) is 4.07. The average Bonchev–Trinajstić information content (AvgIpc) is 3.55. The van der Waals surface area contributed by atoms with Gasteiger partial charge in [-0.1, -0.05) is 6.07 Å². The molecule has 0 spiro atoms. The largest absolute Gasteiger partial charge is 0.448 e. The fourth-order valence-electron chi connectivity index (χ4n) is 6.74. The number of furan rings is 1. The van der Waals surface area contributed by atoms with Crippen LogP contribution < -0.4 is 10.0 Å². The van der Waals surface area contributed by atoms with Gasteiger partial charge >= 0.3 is 0 Å². The van der Waals surface area contributed by atoms with Gasteiger partial charge in [-0.25, -0.2) is 8.42 Å². The molecule has 1 heterocycles. The molecule has 0 saturated heterocycles. The van der Waals surface area contributed by atoms with Crippen LogP contribution in [-0.4, -0.2) is 27.0 Å². The Balaban J connectivity index is 1.11. The number of hydrogen-bond donors (Lipinski definition) is 3. The third kappa shape index (κ3) is 3.70. The van der Waals surface area contributed by atoms with Crippen LogP contribution in [0.2, 0.25) is 0 Å². The predicted molar refractivity (Wildman–Crippen MR) is 128 cm³/mol. The fraction of sp³-hybridized carbons (Fsp3) is 0.615. The minimum atomic E-state index is -3.88. The first kappa shape index (κ1) is 22.6. The molecule has 1 aromatic heterocycles. The van der Waals surface area contributed by atoms with Gasteiger partial charge in [0, 0.05) is 23.2 Å². The Hall–Kier alpha value is -1.87. The van der Waals surface area contributed by atoms with Crippen LogP contribution in [0, 0.1) is 5.92 Å². The molecule has 5 aliphatic rings. The molecule has 7 rings (SSSR count). The van der Waals surface area contributed by atoms with Crippen molar-refractivity contribution < 1.29 is 22.7 Å². The van der Waals surface area contributed by atoms with E-state index in [-0.39, 0.29) is 30.4 Å². The van der Waals surface area contributed by atoms with Gasteiger partial charge in [0.2, 0.25) is 5.09 Å². The number of aryl methyl sites for hydroxylation is 2. The number of anilines is 1. The van der Waals surface area contributed by atoms with Crippen molar-refractivity contribution in [1.82, 2.24) is 4.72 Å². The molecule has 7 nitrogen and oxygen atoms in total. The number of ether oxygens (including phenoxy) is 1. The molecule has 2 aromatic rings. The van der Waals surface area contributed by atoms with Gasteiger partial charge in [-0.3, -0.25) is 0 Å². The zero-order chi connectivity index (χ0) is 23.5. The number of aliphatic hydroxyl groups is 1. The van der Waals surface area contributed by atoms with Crippen molar-refractivity contribution in [2.45, 2.75) is 87.7 Å². The van der Waals surface area contributed by atoms with E-state index in [9.17, 15) is 13.5 Å². The van der Waals surface area contributed by atoms with Crippen LogP contribution in [0.15, 0.2) is 21.6 Å². The first-order chi connectivity index (χ1) is 16.3. The van der Waals surface area contributed by atoms with Crippen LogP contribution in [0.3, 0.4) is 0 Å². The van der Waals surface area contributed by atoms with E-state index in [2.05, 4.69) is 16.1 Å². The Kier molecular flexibility index (Phi) is 5.56. The van der Waals surface area contributed by atoms with Crippen molar-refractivity contribution in [3.8, 4) is 0 Å². The van der Waals surface area contributed by atoms with Crippen molar-refractivity contribution in [3.05, 3.63) is 45.7 Å². The van der Waals surface area contributed by atoms with E-state index < -0.39 is 15.6 Å². The minimum Gasteiger partial charge on any atom is -0.448 e. The van der Waals surface area contributed by atoms with Gasteiger partial charge in [-0.05, 0) is 99.3 Å². The van der Waals surface area contributed by atoms with Gasteiger partial charge in [-0.15, -0.1) is 0 Å². The quantitative estimate of drug-likeness (QED) is 0.403. The number of benzene rings is 1. The molecule has 1 fully saturated rings. The summed E-state index contributed by atoms with van der Waals surface area (Å²) in [5.41, 5.74) is 6.49. The normalized spacial score (nSPS) is 27.4. The lowest BCUT2D eigenvalue weighted by Crippen LogP contribution is -2.31. The molecule has 2 bridgehead atoms. The lowest BCUT2D eigenvalue weighted by atomic mass is 9.77. The van der Waals surface area contributed by atoms with E-state index in [1.807, 2.05) is 0 Å². The molecule has 1 unspecified atom stereocenters. The summed E-state index contributed by atoms with van der Waals surface area (Å²) in [6, 6.07) is 3.90. The maximum Gasteiger partial charge on any atom is 0.275 e. The van der Waals surface area contributed by atoms with Crippen LogP contribution in [0.4, 0.5) is 5.69 Å². The number of hydrogen-bond acceptors (Lipinski definition) is 6. The molecule has 34 heavy (non-hydrogen) atoms. The Morgan fingerprint density at radius 3 is 2.38 bits per heavy atom. The van der Waals surface area contributed by atoms with Crippen LogP contribution in [-0.2, 0) is 46.0 Å². The summed E-state index contributed by atoms with van der Waals surface area (Å²) >= 11 is 0. The summed E-state index contributed by atoms with van der Waals surface area (Å²) in [5.74, 6) is 0.958. The molecular formula is C26H34N2O5S. The van der Waals surface area contributed by atoms with E-state index >= 15 is 0 Å². The Morgan fingerprint density at radius 2 is 1.71 bits per heavy atom. The Labute approximate surface area is 201 Å². The molecule has 0 aliphatic heterocycles. The fourth-order valence-corrected chi connectivity index (χ4v) is 7.60. The van der Waals surface area contributed by atoms with Crippen LogP contribution in [0.25, 0.3) is 0 Å². The van der Waals surface area contributed by atoms with Gasteiger partial charge in [0.1, 0.15) is 19.2 Å². The van der Waals surface area contributed by atoms with Crippen LogP contribution in [0.1, 0.15) is 84.9 Å². The topological polar surface area (TPSA) is 101 Å². The molecule has 8 heteroatoms. The highest BCUT2D eigenvalue weighted by atomic mass is 32.2. The summed E-state index contributed by atoms with van der Waals surface area (Å²) in [6.45, 7) is 1.87. The summed E-state index contributed by atoms with van der Waals surface area (Å²) in [7, 11) is -3.88. The van der Waals surface area contributed by atoms with E-state index in [4.69, 9.17) is 9.15 Å². The first-order valence-corrected chi connectivity index (χ1v) is 14.2. The zero-order valence-corrected chi connectivity index (χ0v) is 20.6. The SMILES string of the molecule is CC1(O)c2cc(S(=O)(=O)NCOCNc3c4c(cc5c3CCC5)CCC4)oc2C2CCC1CC2. The van der Waals surface area contributed by atoms with Crippen molar-refractivity contribution in [2.75, 3.05) is 18.8 Å². The van der Waals surface area contributed by atoms with Crippen molar-refractivity contribution in [1.29, 1.82) is 0 Å². The highest BCUT2D eigenvalue weighted by Crippen LogP contribution is 2.52. The van der Waals surface area contributed by atoms with Gasteiger partial charge in [0.15, 0.2) is 0 Å². The third-order valence-corrected chi connectivity index (χ3v) is 9.85. The molecule has 0 amide bonds. The summed E-state index contributed by atoms with van der Waals surface area (Å²) in [5, 5.41) is 14.4. The molecule has 1 atom stereocenters. The molecule has 0 radical (unpaired) electrons. The number of nitrogens with one attached hydrogen (secondary N) is 2. The second-order valence-electron chi connectivity index (χ2n) is 10.6. The van der Waals surface area contributed by atoms with Gasteiger partial charge < -0.3 is 19.6 Å². The molecule has 5 aliphatic carbocycles. The Bertz CT molecular complexity index is 1180. The molecule has 3 N–H and O–H groups in total. The van der Waals surface area contributed by atoms with Gasteiger partial charge in [0.05, 0.1) is 5.60 Å².